The molecule has 1 saturated heterocycles. The molecule has 6 nitrogen and oxygen atoms in total. The van der Waals surface area contributed by atoms with E-state index in [1.807, 2.05) is 0 Å². The van der Waals surface area contributed by atoms with Crippen LogP contribution in [0.4, 0.5) is 0 Å². The first-order valence-electron chi connectivity index (χ1n) is 4.70. The topological polar surface area (TPSA) is 76.7 Å². The smallest absolute Gasteiger partial charge is 0.252 e. The van der Waals surface area contributed by atoms with Crippen LogP contribution in [0.2, 0.25) is 0 Å². The van der Waals surface area contributed by atoms with Gasteiger partial charge in [0.15, 0.2) is 18.0 Å². The summed E-state index contributed by atoms with van der Waals surface area (Å²) in [6.45, 7) is 3.32. The second-order valence-electron chi connectivity index (χ2n) is 3.71. The van der Waals surface area contributed by atoms with Gasteiger partial charge in [0.25, 0.3) is 11.8 Å². The summed E-state index contributed by atoms with van der Waals surface area (Å²) in [5.41, 5.74) is 0. The third kappa shape index (κ3) is 2.45. The van der Waals surface area contributed by atoms with Gasteiger partial charge in [0.1, 0.15) is 0 Å². The minimum Gasteiger partial charge on any atom is -0.357 e. The zero-order valence-corrected chi connectivity index (χ0v) is 9.29. The zero-order chi connectivity index (χ0) is 11.6. The van der Waals surface area contributed by atoms with Crippen LogP contribution in [0.1, 0.15) is 13.8 Å². The molecule has 0 aliphatic carbocycles. The van der Waals surface area contributed by atoms with Crippen LogP contribution < -0.4 is 10.6 Å². The summed E-state index contributed by atoms with van der Waals surface area (Å²) in [5, 5.41) is 4.86. The van der Waals surface area contributed by atoms with E-state index in [4.69, 9.17) is 9.47 Å². The van der Waals surface area contributed by atoms with Crippen LogP contribution in [0.15, 0.2) is 0 Å². The average molecular weight is 216 g/mol. The van der Waals surface area contributed by atoms with Gasteiger partial charge in [-0.3, -0.25) is 9.59 Å². The van der Waals surface area contributed by atoms with E-state index in [2.05, 4.69) is 10.6 Å². The highest BCUT2D eigenvalue weighted by Crippen LogP contribution is 2.28. The SMILES string of the molecule is CNC(=O)[C@H]1OC(C)(C)O[C@@H]1C(=O)NC. The van der Waals surface area contributed by atoms with Crippen LogP contribution in [0.5, 0.6) is 0 Å². The van der Waals surface area contributed by atoms with Gasteiger partial charge < -0.3 is 20.1 Å². The minimum atomic E-state index is -0.922. The van der Waals surface area contributed by atoms with Gasteiger partial charge in [0.2, 0.25) is 0 Å². The van der Waals surface area contributed by atoms with Gasteiger partial charge in [-0.2, -0.15) is 0 Å². The molecule has 1 aliphatic heterocycles. The number of nitrogens with one attached hydrogen (secondary N) is 2. The molecule has 1 aliphatic rings. The van der Waals surface area contributed by atoms with Crippen LogP contribution in [0.25, 0.3) is 0 Å². The molecule has 86 valence electrons. The summed E-state index contributed by atoms with van der Waals surface area (Å²) in [5.74, 6) is -1.66. The van der Waals surface area contributed by atoms with Crippen molar-refractivity contribution in [3.63, 3.8) is 0 Å². The van der Waals surface area contributed by atoms with Crippen LogP contribution >= 0.6 is 0 Å². The molecule has 0 aromatic heterocycles. The number of likely N-dealkylation sites (N-methyl/N-ethyl adjacent to an activating group) is 2. The first-order valence-corrected chi connectivity index (χ1v) is 4.70. The van der Waals surface area contributed by atoms with Gasteiger partial charge in [-0.1, -0.05) is 0 Å². The molecular formula is C9H16N2O4. The Bertz CT molecular complexity index is 251. The van der Waals surface area contributed by atoms with Gasteiger partial charge in [-0.15, -0.1) is 0 Å². The molecule has 6 heteroatoms. The lowest BCUT2D eigenvalue weighted by Gasteiger charge is -2.16. The van der Waals surface area contributed by atoms with E-state index in [1.54, 1.807) is 13.8 Å². The Kier molecular flexibility index (Phi) is 3.31. The predicted molar refractivity (Wildman–Crippen MR) is 52.0 cm³/mol. The van der Waals surface area contributed by atoms with Gasteiger partial charge in [0, 0.05) is 14.1 Å². The number of hydrogen-bond acceptors (Lipinski definition) is 4. The van der Waals surface area contributed by atoms with Gasteiger partial charge in [-0.25, -0.2) is 0 Å². The number of amides is 2. The third-order valence-corrected chi connectivity index (χ3v) is 2.11. The van der Waals surface area contributed by atoms with Crippen molar-refractivity contribution in [2.75, 3.05) is 14.1 Å². The normalized spacial score (nSPS) is 28.5. The van der Waals surface area contributed by atoms with Crippen LogP contribution in [-0.4, -0.2) is 43.9 Å². The Morgan fingerprint density at radius 2 is 1.33 bits per heavy atom. The van der Waals surface area contributed by atoms with Gasteiger partial charge in [-0.05, 0) is 13.8 Å². The van der Waals surface area contributed by atoms with Crippen LogP contribution in [0, 0.1) is 0 Å². The second-order valence-corrected chi connectivity index (χ2v) is 3.71. The fourth-order valence-corrected chi connectivity index (χ4v) is 1.43. The van der Waals surface area contributed by atoms with E-state index in [0.29, 0.717) is 0 Å². The van der Waals surface area contributed by atoms with E-state index in [0.717, 1.165) is 0 Å². The van der Waals surface area contributed by atoms with Crippen molar-refractivity contribution < 1.29 is 19.1 Å². The molecule has 1 rings (SSSR count). The maximum atomic E-state index is 11.4. The molecule has 2 atom stereocenters. The van der Waals surface area contributed by atoms with Crippen molar-refractivity contribution in [3.8, 4) is 0 Å². The van der Waals surface area contributed by atoms with Crippen LogP contribution in [-0.2, 0) is 19.1 Å². The van der Waals surface area contributed by atoms with Crippen molar-refractivity contribution in [3.05, 3.63) is 0 Å². The lowest BCUT2D eigenvalue weighted by Crippen LogP contribution is -2.46. The first-order chi connectivity index (χ1) is 6.91. The molecular weight excluding hydrogens is 200 g/mol. The summed E-state index contributed by atoms with van der Waals surface area (Å²) in [6, 6.07) is 0. The zero-order valence-electron chi connectivity index (χ0n) is 9.29. The second kappa shape index (κ2) is 4.16. The van der Waals surface area contributed by atoms with Crippen molar-refractivity contribution >= 4 is 11.8 Å². The number of hydrogen-bond donors (Lipinski definition) is 2. The molecule has 0 aromatic rings. The van der Waals surface area contributed by atoms with E-state index < -0.39 is 18.0 Å². The van der Waals surface area contributed by atoms with Gasteiger partial charge >= 0.3 is 0 Å². The summed E-state index contributed by atoms with van der Waals surface area (Å²) < 4.78 is 10.7. The highest BCUT2D eigenvalue weighted by atomic mass is 16.8. The first kappa shape index (κ1) is 11.9. The van der Waals surface area contributed by atoms with E-state index in [9.17, 15) is 9.59 Å². The molecule has 1 fully saturated rings. The molecule has 0 spiro atoms. The fourth-order valence-electron chi connectivity index (χ4n) is 1.43. The lowest BCUT2D eigenvalue weighted by molar-refractivity contribution is -0.159. The molecule has 1 heterocycles. The quantitative estimate of drug-likeness (QED) is 0.620. The minimum absolute atomic E-state index is 0.367. The molecule has 0 unspecified atom stereocenters. The maximum Gasteiger partial charge on any atom is 0.252 e. The van der Waals surface area contributed by atoms with Crippen molar-refractivity contribution in [2.24, 2.45) is 0 Å². The fraction of sp³-hybridized carbons (Fsp3) is 0.778. The highest BCUT2D eigenvalue weighted by Gasteiger charge is 2.48. The Balaban J connectivity index is 2.83. The van der Waals surface area contributed by atoms with Crippen molar-refractivity contribution in [1.82, 2.24) is 10.6 Å². The van der Waals surface area contributed by atoms with E-state index in [1.165, 1.54) is 14.1 Å². The molecule has 0 bridgehead atoms. The Hall–Kier alpha value is -1.14. The van der Waals surface area contributed by atoms with Gasteiger partial charge in [0.05, 0.1) is 0 Å². The Morgan fingerprint density at radius 1 is 1.00 bits per heavy atom. The average Bonchev–Trinajstić information content (AvgIpc) is 2.52. The predicted octanol–water partition coefficient (Wildman–Crippen LogP) is -1.00. The van der Waals surface area contributed by atoms with E-state index >= 15 is 0 Å². The Morgan fingerprint density at radius 3 is 1.60 bits per heavy atom. The standard InChI is InChI=1S/C9H16N2O4/c1-9(2)14-5(7(12)10-3)6(15-9)8(13)11-4/h5-6H,1-4H3,(H,10,12)(H,11,13)/t5-,6-/m0/s1. The number of ether oxygens (including phenoxy) is 2. The lowest BCUT2D eigenvalue weighted by atomic mass is 10.2. The molecule has 2 N–H and O–H groups in total. The summed E-state index contributed by atoms with van der Waals surface area (Å²) in [7, 11) is 2.97. The monoisotopic (exact) mass is 216 g/mol. The molecule has 0 aromatic carbocycles. The molecule has 15 heavy (non-hydrogen) atoms. The maximum absolute atomic E-state index is 11.4. The van der Waals surface area contributed by atoms with Crippen molar-refractivity contribution in [1.29, 1.82) is 0 Å². The van der Waals surface area contributed by atoms with Crippen LogP contribution in [0.3, 0.4) is 0 Å². The molecule has 0 radical (unpaired) electrons. The number of carbonyl (C=O) groups is 2. The summed E-state index contributed by atoms with van der Waals surface area (Å²) in [6.07, 6.45) is -1.80. The van der Waals surface area contributed by atoms with Crippen molar-refractivity contribution in [2.45, 2.75) is 31.8 Å². The Labute approximate surface area is 88.3 Å². The van der Waals surface area contributed by atoms with E-state index in [-0.39, 0.29) is 11.8 Å². The number of rotatable bonds is 2. The molecule has 0 saturated carbocycles. The third-order valence-electron chi connectivity index (χ3n) is 2.11. The summed E-state index contributed by atoms with van der Waals surface area (Å²) >= 11 is 0. The largest absolute Gasteiger partial charge is 0.357 e. The summed E-state index contributed by atoms with van der Waals surface area (Å²) in [4.78, 5) is 22.9. The molecule has 2 amide bonds. The number of carbonyl (C=O) groups excluding carboxylic acids is 2. The highest BCUT2D eigenvalue weighted by molar-refractivity contribution is 5.91.